The molecule has 192 valence electrons. The van der Waals surface area contributed by atoms with Gasteiger partial charge < -0.3 is 29.2 Å². The van der Waals surface area contributed by atoms with Gasteiger partial charge in [0.05, 0.1) is 28.4 Å². The minimum absolute atomic E-state index is 0.0230. The number of amides is 2. The van der Waals surface area contributed by atoms with Crippen molar-refractivity contribution in [3.05, 3.63) is 59.7 Å². The van der Waals surface area contributed by atoms with Crippen LogP contribution in [-0.4, -0.2) is 64.8 Å². The Morgan fingerprint density at radius 2 is 1.31 bits per heavy atom. The van der Waals surface area contributed by atoms with Crippen LogP contribution in [0.15, 0.2) is 48.6 Å². The number of nitrogens with zero attached hydrogens (tertiary/aromatic N) is 1. The second kappa shape index (κ2) is 13.2. The van der Waals surface area contributed by atoms with Gasteiger partial charge in [-0.15, -0.1) is 0 Å². The Bertz CT molecular complexity index is 1100. The summed E-state index contributed by atoms with van der Waals surface area (Å²) in [6, 6.07) is 11.0. The molecule has 0 saturated carbocycles. The molecular weight excluding hydrogens is 460 g/mol. The highest BCUT2D eigenvalue weighted by molar-refractivity contribution is 5.92. The number of carbonyl (C=O) groups is 2. The summed E-state index contributed by atoms with van der Waals surface area (Å²) in [6.07, 6.45) is 8.30. The van der Waals surface area contributed by atoms with Crippen LogP contribution in [0.3, 0.4) is 0 Å². The van der Waals surface area contributed by atoms with Crippen molar-refractivity contribution >= 4 is 24.0 Å². The molecule has 3 rings (SSSR count). The molecule has 0 aliphatic carbocycles. The highest BCUT2D eigenvalue weighted by atomic mass is 16.5. The second-order valence-corrected chi connectivity index (χ2v) is 8.41. The van der Waals surface area contributed by atoms with E-state index < -0.39 is 0 Å². The van der Waals surface area contributed by atoms with Gasteiger partial charge >= 0.3 is 0 Å². The topological polar surface area (TPSA) is 86.3 Å². The monoisotopic (exact) mass is 494 g/mol. The van der Waals surface area contributed by atoms with E-state index in [1.54, 1.807) is 52.7 Å². The van der Waals surface area contributed by atoms with Crippen molar-refractivity contribution in [3.8, 4) is 23.0 Å². The first-order chi connectivity index (χ1) is 17.5. The molecule has 0 atom stereocenters. The van der Waals surface area contributed by atoms with Crippen LogP contribution in [0, 0.1) is 5.92 Å². The average Bonchev–Trinajstić information content (AvgIpc) is 2.93. The van der Waals surface area contributed by atoms with E-state index in [0.717, 1.165) is 24.0 Å². The molecule has 8 heteroatoms. The normalized spacial score (nSPS) is 14.2. The van der Waals surface area contributed by atoms with Crippen LogP contribution < -0.4 is 24.3 Å². The van der Waals surface area contributed by atoms with Crippen LogP contribution in [-0.2, 0) is 9.59 Å². The van der Waals surface area contributed by atoms with Gasteiger partial charge in [0.2, 0.25) is 11.8 Å². The number of likely N-dealkylation sites (tertiary alicyclic amines) is 1. The summed E-state index contributed by atoms with van der Waals surface area (Å²) in [5, 5.41) is 2.96. The molecule has 2 amide bonds. The Balaban J connectivity index is 1.43. The minimum Gasteiger partial charge on any atom is -0.493 e. The van der Waals surface area contributed by atoms with E-state index >= 15 is 0 Å². The third-order valence-corrected chi connectivity index (χ3v) is 6.15. The van der Waals surface area contributed by atoms with Gasteiger partial charge in [-0.25, -0.2) is 0 Å². The number of benzene rings is 2. The molecule has 1 N–H and O–H groups in total. The highest BCUT2D eigenvalue weighted by Crippen LogP contribution is 2.29. The predicted molar refractivity (Wildman–Crippen MR) is 139 cm³/mol. The SMILES string of the molecule is COc1ccc(/C=C\C(=O)N2CCC(CNC(=O)/C=C/c3ccc(OC)c(OC)c3)CC2)cc1OC. The number of carbonyl (C=O) groups excluding carboxylic acids is 2. The predicted octanol–water partition coefficient (Wildman–Crippen LogP) is 3.80. The number of ether oxygens (including phenoxy) is 4. The Labute approximate surface area is 212 Å². The molecule has 0 spiro atoms. The average molecular weight is 495 g/mol. The minimum atomic E-state index is -0.152. The van der Waals surface area contributed by atoms with Crippen LogP contribution in [0.4, 0.5) is 0 Å². The molecule has 1 fully saturated rings. The molecule has 0 unspecified atom stereocenters. The van der Waals surface area contributed by atoms with E-state index in [1.165, 1.54) is 6.08 Å². The number of rotatable bonds is 10. The van der Waals surface area contributed by atoms with Gasteiger partial charge in [0.1, 0.15) is 0 Å². The largest absolute Gasteiger partial charge is 0.493 e. The van der Waals surface area contributed by atoms with E-state index in [0.29, 0.717) is 48.6 Å². The maximum absolute atomic E-state index is 12.6. The zero-order valence-corrected chi connectivity index (χ0v) is 21.3. The van der Waals surface area contributed by atoms with Crippen molar-refractivity contribution in [2.75, 3.05) is 48.1 Å². The molecular formula is C28H34N2O6. The van der Waals surface area contributed by atoms with E-state index in [4.69, 9.17) is 18.9 Å². The maximum atomic E-state index is 12.6. The summed E-state index contributed by atoms with van der Waals surface area (Å²) in [6.45, 7) is 1.91. The maximum Gasteiger partial charge on any atom is 0.246 e. The lowest BCUT2D eigenvalue weighted by molar-refractivity contribution is -0.127. The zero-order valence-electron chi connectivity index (χ0n) is 21.3. The number of hydrogen-bond donors (Lipinski definition) is 1. The fraction of sp³-hybridized carbons (Fsp3) is 0.357. The Kier molecular flexibility index (Phi) is 9.80. The molecule has 1 aliphatic heterocycles. The first-order valence-electron chi connectivity index (χ1n) is 11.8. The summed E-state index contributed by atoms with van der Waals surface area (Å²) in [5.41, 5.74) is 1.70. The summed E-state index contributed by atoms with van der Waals surface area (Å²) >= 11 is 0. The lowest BCUT2D eigenvalue weighted by Crippen LogP contribution is -2.40. The molecule has 1 aliphatic rings. The van der Waals surface area contributed by atoms with Gasteiger partial charge in [0.25, 0.3) is 0 Å². The number of piperidine rings is 1. The first kappa shape index (κ1) is 26.7. The molecule has 0 aromatic heterocycles. The van der Waals surface area contributed by atoms with Crippen molar-refractivity contribution in [3.63, 3.8) is 0 Å². The van der Waals surface area contributed by atoms with Crippen molar-refractivity contribution in [1.82, 2.24) is 10.2 Å². The Morgan fingerprint density at radius 3 is 1.81 bits per heavy atom. The quantitative estimate of drug-likeness (QED) is 0.506. The third-order valence-electron chi connectivity index (χ3n) is 6.15. The molecule has 0 radical (unpaired) electrons. The van der Waals surface area contributed by atoms with Crippen molar-refractivity contribution < 1.29 is 28.5 Å². The van der Waals surface area contributed by atoms with Crippen molar-refractivity contribution in [2.45, 2.75) is 12.8 Å². The third kappa shape index (κ3) is 7.28. The number of hydrogen-bond acceptors (Lipinski definition) is 6. The summed E-state index contributed by atoms with van der Waals surface area (Å²) in [4.78, 5) is 26.7. The van der Waals surface area contributed by atoms with Gasteiger partial charge in [-0.2, -0.15) is 0 Å². The highest BCUT2D eigenvalue weighted by Gasteiger charge is 2.21. The van der Waals surface area contributed by atoms with Gasteiger partial charge in [-0.1, -0.05) is 12.1 Å². The van der Waals surface area contributed by atoms with Crippen LogP contribution in [0.25, 0.3) is 12.2 Å². The summed E-state index contributed by atoms with van der Waals surface area (Å²) < 4.78 is 21.1. The van der Waals surface area contributed by atoms with E-state index in [2.05, 4.69) is 5.32 Å². The summed E-state index contributed by atoms with van der Waals surface area (Å²) in [5.74, 6) is 2.68. The van der Waals surface area contributed by atoms with Crippen LogP contribution >= 0.6 is 0 Å². The van der Waals surface area contributed by atoms with Crippen molar-refractivity contribution in [1.29, 1.82) is 0 Å². The van der Waals surface area contributed by atoms with Gasteiger partial charge in [-0.3, -0.25) is 9.59 Å². The van der Waals surface area contributed by atoms with Gasteiger partial charge in [-0.05, 0) is 66.3 Å². The molecule has 1 saturated heterocycles. The van der Waals surface area contributed by atoms with Crippen LogP contribution in [0.2, 0.25) is 0 Å². The standard InChI is InChI=1S/C28H34N2O6/c1-33-23-9-5-20(17-25(23)35-3)7-11-27(31)29-19-22-13-15-30(16-14-22)28(32)12-8-21-6-10-24(34-2)26(18-21)36-4/h5-12,17-18,22H,13-16,19H2,1-4H3,(H,29,31)/b11-7+,12-8-. The lowest BCUT2D eigenvalue weighted by atomic mass is 9.96. The lowest BCUT2D eigenvalue weighted by Gasteiger charge is -2.31. The molecule has 2 aromatic rings. The zero-order chi connectivity index (χ0) is 25.9. The van der Waals surface area contributed by atoms with Crippen LogP contribution in [0.1, 0.15) is 24.0 Å². The Morgan fingerprint density at radius 1 is 0.806 bits per heavy atom. The van der Waals surface area contributed by atoms with Gasteiger partial charge in [0.15, 0.2) is 23.0 Å². The molecule has 36 heavy (non-hydrogen) atoms. The molecule has 2 aromatic carbocycles. The molecule has 1 heterocycles. The van der Waals surface area contributed by atoms with E-state index in [9.17, 15) is 9.59 Å². The molecule has 0 bridgehead atoms. The fourth-order valence-electron chi connectivity index (χ4n) is 4.02. The first-order valence-corrected chi connectivity index (χ1v) is 11.8. The number of methoxy groups -OCH3 is 4. The fourth-order valence-corrected chi connectivity index (χ4v) is 4.02. The second-order valence-electron chi connectivity index (χ2n) is 8.41. The summed E-state index contributed by atoms with van der Waals surface area (Å²) in [7, 11) is 6.32. The Hall–Kier alpha value is -3.94. The van der Waals surface area contributed by atoms with E-state index in [1.807, 2.05) is 35.2 Å². The number of nitrogens with one attached hydrogen (secondary N) is 1. The smallest absolute Gasteiger partial charge is 0.246 e. The van der Waals surface area contributed by atoms with E-state index in [-0.39, 0.29) is 11.8 Å². The van der Waals surface area contributed by atoms with Crippen LogP contribution in [0.5, 0.6) is 23.0 Å². The molecule has 8 nitrogen and oxygen atoms in total. The van der Waals surface area contributed by atoms with Crippen molar-refractivity contribution in [2.24, 2.45) is 5.92 Å². The van der Waals surface area contributed by atoms with Gasteiger partial charge in [0, 0.05) is 31.8 Å².